The smallest absolute Gasteiger partial charge is 0.407 e. The van der Waals surface area contributed by atoms with Crippen molar-refractivity contribution in [3.05, 3.63) is 95.1 Å². The van der Waals surface area contributed by atoms with Gasteiger partial charge >= 0.3 is 12.1 Å². The summed E-state index contributed by atoms with van der Waals surface area (Å²) in [6.07, 6.45) is -0.547. The van der Waals surface area contributed by atoms with Crippen LogP contribution in [-0.2, 0) is 16.1 Å². The Labute approximate surface area is 202 Å². The van der Waals surface area contributed by atoms with E-state index in [1.165, 1.54) is 19.1 Å². The number of aliphatic hydroxyl groups excluding tert-OH is 1. The normalized spacial score (nSPS) is 13.8. The Bertz CT molecular complexity index is 1210. The highest BCUT2D eigenvalue weighted by Crippen LogP contribution is 2.44. The average molecular weight is 475 g/mol. The van der Waals surface area contributed by atoms with Crippen molar-refractivity contribution in [2.24, 2.45) is 0 Å². The molecule has 0 saturated heterocycles. The monoisotopic (exact) mass is 474 g/mol. The number of alkyl carbamates (subject to hydrolysis) is 1. The molecule has 0 radical (unpaired) electrons. The number of ether oxygens (including phenoxy) is 1. The highest BCUT2D eigenvalue weighted by molar-refractivity contribution is 5.97. The van der Waals surface area contributed by atoms with E-state index in [9.17, 15) is 24.6 Å². The van der Waals surface area contributed by atoms with Gasteiger partial charge in [0.2, 0.25) is 0 Å². The van der Waals surface area contributed by atoms with Crippen LogP contribution in [0.15, 0.2) is 72.8 Å². The SMILES string of the molecule is CC(CO)(NC(=O)c1ccc(CNC(=O)OCC2c3ccccc3-c3ccccc32)cc1)C(=O)O. The lowest BCUT2D eigenvalue weighted by molar-refractivity contribution is -0.145. The molecule has 1 aliphatic carbocycles. The number of benzene rings is 3. The largest absolute Gasteiger partial charge is 0.479 e. The number of rotatable bonds is 8. The minimum absolute atomic E-state index is 0.0265. The van der Waals surface area contributed by atoms with Crippen LogP contribution in [0.5, 0.6) is 0 Å². The summed E-state index contributed by atoms with van der Waals surface area (Å²) in [7, 11) is 0. The molecule has 1 unspecified atom stereocenters. The van der Waals surface area contributed by atoms with Gasteiger partial charge in [-0.15, -0.1) is 0 Å². The van der Waals surface area contributed by atoms with Crippen molar-refractivity contribution in [2.75, 3.05) is 13.2 Å². The number of aliphatic carboxylic acids is 1. The minimum Gasteiger partial charge on any atom is -0.479 e. The summed E-state index contributed by atoms with van der Waals surface area (Å²) in [6, 6.07) is 22.5. The third-order valence-corrected chi connectivity index (χ3v) is 6.17. The molecule has 0 saturated carbocycles. The first-order valence-corrected chi connectivity index (χ1v) is 11.2. The molecule has 2 amide bonds. The summed E-state index contributed by atoms with van der Waals surface area (Å²) in [5.41, 5.74) is 3.77. The molecule has 4 rings (SSSR count). The van der Waals surface area contributed by atoms with Crippen LogP contribution in [0.2, 0.25) is 0 Å². The Kier molecular flexibility index (Phi) is 6.84. The van der Waals surface area contributed by atoms with Gasteiger partial charge in [0.1, 0.15) is 6.61 Å². The molecule has 35 heavy (non-hydrogen) atoms. The molecule has 8 nitrogen and oxygen atoms in total. The van der Waals surface area contributed by atoms with E-state index >= 15 is 0 Å². The van der Waals surface area contributed by atoms with Gasteiger partial charge in [-0.05, 0) is 46.9 Å². The Morgan fingerprint density at radius 2 is 1.49 bits per heavy atom. The molecule has 3 aromatic carbocycles. The number of fused-ring (bicyclic) bond motifs is 3. The summed E-state index contributed by atoms with van der Waals surface area (Å²) in [6.45, 7) is 0.893. The number of aliphatic hydroxyl groups is 1. The fraction of sp³-hybridized carbons (Fsp3) is 0.222. The maximum absolute atomic E-state index is 12.3. The van der Waals surface area contributed by atoms with Gasteiger partial charge in [0.15, 0.2) is 5.54 Å². The second-order valence-electron chi connectivity index (χ2n) is 8.63. The molecule has 8 heteroatoms. The maximum atomic E-state index is 12.3. The Morgan fingerprint density at radius 1 is 0.914 bits per heavy atom. The highest BCUT2D eigenvalue weighted by atomic mass is 16.5. The molecule has 4 N–H and O–H groups in total. The zero-order valence-corrected chi connectivity index (χ0v) is 19.2. The third kappa shape index (κ3) is 5.02. The fourth-order valence-corrected chi connectivity index (χ4v) is 4.08. The van der Waals surface area contributed by atoms with Crippen molar-refractivity contribution in [3.63, 3.8) is 0 Å². The quantitative estimate of drug-likeness (QED) is 0.397. The molecule has 180 valence electrons. The lowest BCUT2D eigenvalue weighted by Gasteiger charge is -2.23. The number of carbonyl (C=O) groups excluding carboxylic acids is 2. The minimum atomic E-state index is -1.78. The van der Waals surface area contributed by atoms with Crippen LogP contribution in [0.25, 0.3) is 11.1 Å². The predicted molar refractivity (Wildman–Crippen MR) is 129 cm³/mol. The first kappa shape index (κ1) is 24.0. The van der Waals surface area contributed by atoms with Crippen molar-refractivity contribution < 1.29 is 29.3 Å². The lowest BCUT2D eigenvalue weighted by atomic mass is 9.98. The summed E-state index contributed by atoms with van der Waals surface area (Å²) < 4.78 is 5.52. The van der Waals surface area contributed by atoms with E-state index in [1.807, 2.05) is 24.3 Å². The van der Waals surface area contributed by atoms with E-state index in [2.05, 4.69) is 34.9 Å². The molecule has 0 aromatic heterocycles. The molecule has 0 aliphatic heterocycles. The lowest BCUT2D eigenvalue weighted by Crippen LogP contribution is -2.54. The van der Waals surface area contributed by atoms with E-state index in [0.717, 1.165) is 27.8 Å². The van der Waals surface area contributed by atoms with Gasteiger partial charge < -0.3 is 25.6 Å². The van der Waals surface area contributed by atoms with Crippen molar-refractivity contribution in [1.29, 1.82) is 0 Å². The van der Waals surface area contributed by atoms with Crippen molar-refractivity contribution in [2.45, 2.75) is 24.9 Å². The van der Waals surface area contributed by atoms with Crippen LogP contribution in [0.4, 0.5) is 4.79 Å². The number of carbonyl (C=O) groups is 3. The predicted octanol–water partition coefficient (Wildman–Crippen LogP) is 3.29. The van der Waals surface area contributed by atoms with Crippen LogP contribution in [0.3, 0.4) is 0 Å². The van der Waals surface area contributed by atoms with E-state index in [1.54, 1.807) is 12.1 Å². The standard InChI is InChI=1S/C27H26N2O6/c1-27(16-30,25(32)33)29-24(31)18-12-10-17(11-13-18)14-28-26(34)35-15-23-21-8-4-2-6-19(21)20-7-3-5-9-22(20)23/h2-13,23,30H,14-16H2,1H3,(H,28,34)(H,29,31)(H,32,33). The van der Waals surface area contributed by atoms with Gasteiger partial charge in [-0.3, -0.25) is 4.79 Å². The van der Waals surface area contributed by atoms with E-state index < -0.39 is 30.1 Å². The number of carboxylic acids is 1. The average Bonchev–Trinajstić information content (AvgIpc) is 3.20. The zero-order valence-electron chi connectivity index (χ0n) is 19.2. The van der Waals surface area contributed by atoms with Gasteiger partial charge in [-0.1, -0.05) is 60.7 Å². The van der Waals surface area contributed by atoms with Crippen LogP contribution < -0.4 is 10.6 Å². The number of hydrogen-bond acceptors (Lipinski definition) is 5. The summed E-state index contributed by atoms with van der Waals surface area (Å²) in [5, 5.41) is 23.5. The van der Waals surface area contributed by atoms with Crippen molar-refractivity contribution in [3.8, 4) is 11.1 Å². The molecular weight excluding hydrogens is 448 g/mol. The molecule has 0 spiro atoms. The number of nitrogens with one attached hydrogen (secondary N) is 2. The van der Waals surface area contributed by atoms with Crippen molar-refractivity contribution >= 4 is 18.0 Å². The highest BCUT2D eigenvalue weighted by Gasteiger charge is 2.34. The molecule has 0 bridgehead atoms. The van der Waals surface area contributed by atoms with Gasteiger partial charge in [0, 0.05) is 18.0 Å². The van der Waals surface area contributed by atoms with Gasteiger partial charge in [0.25, 0.3) is 5.91 Å². The zero-order chi connectivity index (χ0) is 25.0. The fourth-order valence-electron chi connectivity index (χ4n) is 4.08. The first-order chi connectivity index (χ1) is 16.8. The topological polar surface area (TPSA) is 125 Å². The van der Waals surface area contributed by atoms with Crippen LogP contribution in [0.1, 0.15) is 39.9 Å². The molecule has 1 aliphatic rings. The molecule has 0 heterocycles. The molecule has 0 fully saturated rings. The van der Waals surface area contributed by atoms with E-state index in [-0.39, 0.29) is 24.6 Å². The van der Waals surface area contributed by atoms with Crippen LogP contribution in [-0.4, -0.2) is 46.9 Å². The molecule has 3 aromatic rings. The second-order valence-corrected chi connectivity index (χ2v) is 8.63. The Hall–Kier alpha value is -4.17. The third-order valence-electron chi connectivity index (χ3n) is 6.17. The molecular formula is C27H26N2O6. The van der Waals surface area contributed by atoms with E-state index in [4.69, 9.17) is 4.74 Å². The molecule has 1 atom stereocenters. The van der Waals surface area contributed by atoms with E-state index in [0.29, 0.717) is 0 Å². The second kappa shape index (κ2) is 9.99. The number of hydrogen-bond donors (Lipinski definition) is 4. The van der Waals surface area contributed by atoms with Crippen LogP contribution in [0, 0.1) is 0 Å². The Balaban J connectivity index is 1.31. The van der Waals surface area contributed by atoms with Gasteiger partial charge in [-0.25, -0.2) is 9.59 Å². The Morgan fingerprint density at radius 3 is 2.03 bits per heavy atom. The van der Waals surface area contributed by atoms with Gasteiger partial charge in [-0.2, -0.15) is 0 Å². The first-order valence-electron chi connectivity index (χ1n) is 11.2. The number of amides is 2. The number of carboxylic acid groups (broad SMARTS) is 1. The van der Waals surface area contributed by atoms with Crippen LogP contribution >= 0.6 is 0 Å². The maximum Gasteiger partial charge on any atom is 0.407 e. The van der Waals surface area contributed by atoms with Gasteiger partial charge in [0.05, 0.1) is 6.61 Å². The summed E-state index contributed by atoms with van der Waals surface area (Å²) >= 11 is 0. The van der Waals surface area contributed by atoms with Crippen molar-refractivity contribution in [1.82, 2.24) is 10.6 Å². The summed E-state index contributed by atoms with van der Waals surface area (Å²) in [5.74, 6) is -1.99. The summed E-state index contributed by atoms with van der Waals surface area (Å²) in [4.78, 5) is 35.9.